The van der Waals surface area contributed by atoms with Crippen LogP contribution in [0.25, 0.3) is 11.7 Å². The summed E-state index contributed by atoms with van der Waals surface area (Å²) in [4.78, 5) is 36.0. The van der Waals surface area contributed by atoms with Gasteiger partial charge in [0.2, 0.25) is 0 Å². The van der Waals surface area contributed by atoms with E-state index in [1.54, 1.807) is 21.6 Å². The number of nitrogens with zero attached hydrogens (tertiary/aromatic N) is 4. The molecule has 2 aliphatic rings. The van der Waals surface area contributed by atoms with Crippen LogP contribution in [0.3, 0.4) is 0 Å². The topological polar surface area (TPSA) is 67.2 Å². The van der Waals surface area contributed by atoms with Crippen LogP contribution in [0.15, 0.2) is 58.4 Å². The van der Waals surface area contributed by atoms with E-state index in [1.807, 2.05) is 56.3 Å². The Morgan fingerprint density at radius 2 is 1.85 bits per heavy atom. The number of benzene rings is 1. The van der Waals surface area contributed by atoms with Crippen molar-refractivity contribution in [2.45, 2.75) is 19.9 Å². The predicted molar refractivity (Wildman–Crippen MR) is 139 cm³/mol. The number of carbonyl (C=O) groups excluding carboxylic acids is 1. The van der Waals surface area contributed by atoms with Gasteiger partial charge in [-0.25, -0.2) is 4.98 Å². The van der Waals surface area contributed by atoms with Crippen LogP contribution >= 0.6 is 24.0 Å². The van der Waals surface area contributed by atoms with Gasteiger partial charge in [0.1, 0.15) is 15.8 Å². The first-order valence-corrected chi connectivity index (χ1v) is 12.3. The van der Waals surface area contributed by atoms with Gasteiger partial charge in [-0.15, -0.1) is 0 Å². The normalized spacial score (nSPS) is 18.8. The molecule has 0 aliphatic carbocycles. The van der Waals surface area contributed by atoms with Crippen LogP contribution in [-0.4, -0.2) is 50.8 Å². The number of anilines is 1. The monoisotopic (exact) mass is 492 g/mol. The first kappa shape index (κ1) is 22.8. The minimum absolute atomic E-state index is 0.201. The first-order valence-electron chi connectivity index (χ1n) is 11.1. The number of pyridine rings is 1. The fourth-order valence-electron chi connectivity index (χ4n) is 4.27. The molecule has 1 aromatic carbocycles. The highest BCUT2D eigenvalue weighted by Gasteiger charge is 2.36. The van der Waals surface area contributed by atoms with Gasteiger partial charge in [-0.1, -0.05) is 60.4 Å². The van der Waals surface area contributed by atoms with Crippen LogP contribution in [0.4, 0.5) is 5.82 Å². The van der Waals surface area contributed by atoms with Gasteiger partial charge in [0.15, 0.2) is 0 Å². The third-order valence-corrected chi connectivity index (χ3v) is 7.47. The van der Waals surface area contributed by atoms with Gasteiger partial charge in [-0.05, 0) is 37.1 Å². The van der Waals surface area contributed by atoms with E-state index in [0.29, 0.717) is 52.6 Å². The van der Waals surface area contributed by atoms with E-state index >= 15 is 0 Å². The molecular formula is C25H24N4O3S2. The van der Waals surface area contributed by atoms with Crippen molar-refractivity contribution in [3.8, 4) is 0 Å². The third-order valence-electron chi connectivity index (χ3n) is 6.14. The van der Waals surface area contributed by atoms with Gasteiger partial charge >= 0.3 is 0 Å². The van der Waals surface area contributed by atoms with Crippen molar-refractivity contribution in [3.05, 3.63) is 80.6 Å². The molecule has 9 heteroatoms. The summed E-state index contributed by atoms with van der Waals surface area (Å²) in [5.41, 5.74) is 2.69. The number of hydrogen-bond donors (Lipinski definition) is 0. The molecule has 7 nitrogen and oxygen atoms in total. The van der Waals surface area contributed by atoms with E-state index in [4.69, 9.17) is 21.9 Å². The van der Waals surface area contributed by atoms with Crippen molar-refractivity contribution in [2.75, 3.05) is 31.2 Å². The number of carbonyl (C=O) groups is 1. The molecular weight excluding hydrogens is 468 g/mol. The lowest BCUT2D eigenvalue weighted by atomic mass is 10.1. The summed E-state index contributed by atoms with van der Waals surface area (Å²) in [6.45, 7) is 6.26. The lowest BCUT2D eigenvalue weighted by Gasteiger charge is -2.29. The van der Waals surface area contributed by atoms with Crippen LogP contribution in [0, 0.1) is 6.92 Å². The third kappa shape index (κ3) is 4.04. The van der Waals surface area contributed by atoms with Crippen LogP contribution in [0.5, 0.6) is 0 Å². The molecule has 1 atom stereocenters. The van der Waals surface area contributed by atoms with E-state index < -0.39 is 0 Å². The summed E-state index contributed by atoms with van der Waals surface area (Å²) < 4.78 is 7.52. The molecule has 5 rings (SSSR count). The molecule has 2 aliphatic heterocycles. The molecule has 3 aromatic rings. The summed E-state index contributed by atoms with van der Waals surface area (Å²) in [6, 6.07) is 13.3. The van der Waals surface area contributed by atoms with Gasteiger partial charge in [-0.3, -0.25) is 18.9 Å². The van der Waals surface area contributed by atoms with Crippen molar-refractivity contribution in [3.63, 3.8) is 0 Å². The second-order valence-electron chi connectivity index (χ2n) is 8.28. The van der Waals surface area contributed by atoms with E-state index in [0.717, 1.165) is 11.1 Å². The predicted octanol–water partition coefficient (Wildman–Crippen LogP) is 3.80. The van der Waals surface area contributed by atoms with Gasteiger partial charge in [0.05, 0.1) is 29.7 Å². The Hall–Kier alpha value is -3.01. The zero-order valence-electron chi connectivity index (χ0n) is 18.9. The molecule has 0 N–H and O–H groups in total. The molecule has 2 aromatic heterocycles. The Morgan fingerprint density at radius 1 is 1.12 bits per heavy atom. The summed E-state index contributed by atoms with van der Waals surface area (Å²) in [5, 5.41) is 0. The number of thiocarbonyl (C=S) groups is 1. The highest BCUT2D eigenvalue weighted by Crippen LogP contribution is 2.38. The lowest BCUT2D eigenvalue weighted by Crippen LogP contribution is -2.38. The number of aromatic nitrogens is 2. The number of fused-ring (bicyclic) bond motifs is 1. The molecule has 34 heavy (non-hydrogen) atoms. The van der Waals surface area contributed by atoms with Crippen molar-refractivity contribution in [2.24, 2.45) is 0 Å². The van der Waals surface area contributed by atoms with E-state index in [2.05, 4.69) is 4.90 Å². The molecule has 0 spiro atoms. The minimum atomic E-state index is -0.212. The zero-order valence-corrected chi connectivity index (χ0v) is 20.6. The number of hydrogen-bond acceptors (Lipinski definition) is 7. The Kier molecular flexibility index (Phi) is 6.24. The van der Waals surface area contributed by atoms with Gasteiger partial charge in [-0.2, -0.15) is 0 Å². The minimum Gasteiger partial charge on any atom is -0.378 e. The van der Waals surface area contributed by atoms with Crippen LogP contribution in [0.1, 0.15) is 29.7 Å². The molecule has 1 amide bonds. The van der Waals surface area contributed by atoms with Gasteiger partial charge in [0.25, 0.3) is 11.5 Å². The number of thioether (sulfide) groups is 1. The number of amides is 1. The summed E-state index contributed by atoms with van der Waals surface area (Å²) in [6.07, 6.45) is 3.37. The second-order valence-corrected chi connectivity index (χ2v) is 9.95. The van der Waals surface area contributed by atoms with Crippen LogP contribution in [-0.2, 0) is 9.53 Å². The number of ether oxygens (including phenoxy) is 1. The lowest BCUT2D eigenvalue weighted by molar-refractivity contribution is -0.123. The number of aryl methyl sites for hydroxylation is 1. The van der Waals surface area contributed by atoms with Crippen molar-refractivity contribution in [1.82, 2.24) is 14.3 Å². The molecule has 4 heterocycles. The Bertz CT molecular complexity index is 1360. The zero-order chi connectivity index (χ0) is 23.8. The maximum atomic E-state index is 13.6. The molecule has 0 bridgehead atoms. The second kappa shape index (κ2) is 9.32. The van der Waals surface area contributed by atoms with Crippen molar-refractivity contribution in [1.29, 1.82) is 0 Å². The van der Waals surface area contributed by atoms with Crippen molar-refractivity contribution >= 4 is 51.7 Å². The standard InChI is InChI=1S/C25H24N4O3S2/c1-16-7-6-10-28-21(16)26-22(27-11-13-32-14-12-27)19(23(28)30)15-20-24(31)29(25(33)34-20)17(2)18-8-4-3-5-9-18/h3-10,15,17H,11-14H2,1-2H3. The highest BCUT2D eigenvalue weighted by atomic mass is 32.2. The first-order chi connectivity index (χ1) is 16.5. The summed E-state index contributed by atoms with van der Waals surface area (Å²) >= 11 is 6.80. The Balaban J connectivity index is 1.61. The molecule has 0 radical (unpaired) electrons. The fourth-order valence-corrected chi connectivity index (χ4v) is 5.67. The Morgan fingerprint density at radius 3 is 2.59 bits per heavy atom. The molecule has 174 valence electrons. The van der Waals surface area contributed by atoms with Crippen molar-refractivity contribution < 1.29 is 9.53 Å². The van der Waals surface area contributed by atoms with Crippen LogP contribution in [0.2, 0.25) is 0 Å². The average Bonchev–Trinajstić information content (AvgIpc) is 3.14. The van der Waals surface area contributed by atoms with Gasteiger partial charge < -0.3 is 9.64 Å². The Labute approximate surface area is 207 Å². The summed E-state index contributed by atoms with van der Waals surface area (Å²) in [7, 11) is 0. The average molecular weight is 493 g/mol. The maximum absolute atomic E-state index is 13.6. The van der Waals surface area contributed by atoms with E-state index in [-0.39, 0.29) is 17.5 Å². The fraction of sp³-hybridized carbons (Fsp3) is 0.280. The molecule has 2 fully saturated rings. The van der Waals surface area contributed by atoms with Gasteiger partial charge in [0, 0.05) is 19.3 Å². The highest BCUT2D eigenvalue weighted by molar-refractivity contribution is 8.26. The quantitative estimate of drug-likeness (QED) is 0.405. The molecule has 2 saturated heterocycles. The molecule has 0 saturated carbocycles. The smallest absolute Gasteiger partial charge is 0.267 e. The van der Waals surface area contributed by atoms with E-state index in [1.165, 1.54) is 11.8 Å². The SMILES string of the molecule is Cc1cccn2c(=O)c(C=C3SC(=S)N(C(C)c4ccccc4)C3=O)c(N3CCOCC3)nc12. The number of morpholine rings is 1. The largest absolute Gasteiger partial charge is 0.378 e. The number of rotatable bonds is 4. The maximum Gasteiger partial charge on any atom is 0.267 e. The molecule has 1 unspecified atom stereocenters. The van der Waals surface area contributed by atoms with Crippen LogP contribution < -0.4 is 10.5 Å². The van der Waals surface area contributed by atoms with E-state index in [9.17, 15) is 9.59 Å². The summed E-state index contributed by atoms with van der Waals surface area (Å²) in [5.74, 6) is 0.372.